The molecule has 0 N–H and O–H groups in total. The number of hydrogen-bond acceptors (Lipinski definition) is 2. The maximum Gasteiger partial charge on any atom is 0.207 e. The number of rotatable bonds is 2. The Labute approximate surface area is 78.4 Å². The maximum absolute atomic E-state index is 11.1. The summed E-state index contributed by atoms with van der Waals surface area (Å²) in [6.07, 6.45) is 3.14. The van der Waals surface area contributed by atoms with Crippen molar-refractivity contribution in [3.63, 3.8) is 0 Å². The van der Waals surface area contributed by atoms with E-state index in [2.05, 4.69) is 6.07 Å². The highest BCUT2D eigenvalue weighted by atomic mass is 32.2. The fourth-order valence-electron chi connectivity index (χ4n) is 0.863. The third kappa shape index (κ3) is 2.17. The molecule has 2 nitrogen and oxygen atoms in total. The van der Waals surface area contributed by atoms with Gasteiger partial charge in [0.05, 0.1) is 0 Å². The first-order valence-corrected chi connectivity index (χ1v) is 6.41. The van der Waals surface area contributed by atoms with Gasteiger partial charge < -0.3 is 9.11 Å². The minimum Gasteiger partial charge on any atom is -0.612 e. The lowest BCUT2D eigenvalue weighted by molar-refractivity contribution is 0.588. The van der Waals surface area contributed by atoms with Gasteiger partial charge in [-0.3, -0.25) is 0 Å². The van der Waals surface area contributed by atoms with E-state index in [1.807, 2.05) is 0 Å². The van der Waals surface area contributed by atoms with Crippen molar-refractivity contribution in [3.05, 3.63) is 24.3 Å². The molecule has 0 aliphatic carbocycles. The van der Waals surface area contributed by atoms with Crippen LogP contribution < -0.4 is 0 Å². The largest absolute Gasteiger partial charge is 0.612 e. The van der Waals surface area contributed by atoms with Crippen molar-refractivity contribution in [1.82, 2.24) is 0 Å². The van der Waals surface area contributed by atoms with Gasteiger partial charge in [-0.05, 0) is 40.6 Å². The fraction of sp³-hybridized carbons (Fsp3) is 0.250. The minimum atomic E-state index is -1.09. The highest BCUT2D eigenvalue weighted by Gasteiger charge is 2.17. The van der Waals surface area contributed by atoms with Crippen molar-refractivity contribution < 1.29 is 9.11 Å². The van der Waals surface area contributed by atoms with Crippen LogP contribution in [0.2, 0.25) is 0 Å². The van der Waals surface area contributed by atoms with Gasteiger partial charge >= 0.3 is 0 Å². The van der Waals surface area contributed by atoms with Crippen LogP contribution in [0.4, 0.5) is 0 Å². The molecule has 65 valence electrons. The van der Waals surface area contributed by atoms with E-state index >= 15 is 0 Å². The van der Waals surface area contributed by atoms with E-state index in [0.29, 0.717) is 9.79 Å². The van der Waals surface area contributed by atoms with Gasteiger partial charge in [0, 0.05) is 6.07 Å². The van der Waals surface area contributed by atoms with Gasteiger partial charge in [-0.2, -0.15) is 0 Å². The van der Waals surface area contributed by atoms with Crippen molar-refractivity contribution in [2.45, 2.75) is 9.79 Å². The van der Waals surface area contributed by atoms with Crippen molar-refractivity contribution in [2.75, 3.05) is 12.5 Å². The van der Waals surface area contributed by atoms with Crippen molar-refractivity contribution >= 4 is 22.4 Å². The second-order valence-electron chi connectivity index (χ2n) is 2.28. The van der Waals surface area contributed by atoms with Gasteiger partial charge in [-0.1, -0.05) is 0 Å². The lowest BCUT2D eigenvalue weighted by Crippen LogP contribution is -2.06. The molecule has 4 heteroatoms. The molecule has 12 heavy (non-hydrogen) atoms. The number of hydrogen-bond donors (Lipinski definition) is 0. The van der Waals surface area contributed by atoms with Crippen LogP contribution in [0.25, 0.3) is 0 Å². The Hall–Kier alpha value is -0.160. The highest BCUT2D eigenvalue weighted by Crippen LogP contribution is 2.19. The molecule has 0 aliphatic rings. The van der Waals surface area contributed by atoms with Crippen LogP contribution in [-0.4, -0.2) is 21.6 Å². The molecule has 0 spiro atoms. The predicted molar refractivity (Wildman–Crippen MR) is 49.9 cm³/mol. The summed E-state index contributed by atoms with van der Waals surface area (Å²) in [5.41, 5.74) is 0. The Bertz CT molecular complexity index is 234. The van der Waals surface area contributed by atoms with E-state index in [0.717, 1.165) is 0 Å². The summed E-state index contributed by atoms with van der Waals surface area (Å²) < 4.78 is 22.3. The lowest BCUT2D eigenvalue weighted by atomic mass is 10.4. The first-order valence-electron chi connectivity index (χ1n) is 3.30. The normalized spacial score (nSPS) is 15.7. The fourth-order valence-corrected chi connectivity index (χ4v) is 2.75. The first-order chi connectivity index (χ1) is 5.63. The zero-order valence-corrected chi connectivity index (χ0v) is 8.50. The molecule has 0 saturated carbocycles. The van der Waals surface area contributed by atoms with Crippen LogP contribution >= 0.6 is 0 Å². The molecule has 0 saturated heterocycles. The molecule has 0 aliphatic heterocycles. The van der Waals surface area contributed by atoms with E-state index in [4.69, 9.17) is 0 Å². The summed E-state index contributed by atoms with van der Waals surface area (Å²) in [5, 5.41) is 0. The number of benzene rings is 1. The zero-order valence-electron chi connectivity index (χ0n) is 6.87. The van der Waals surface area contributed by atoms with Gasteiger partial charge in [-0.25, -0.2) is 0 Å². The van der Waals surface area contributed by atoms with Gasteiger partial charge in [0.25, 0.3) is 0 Å². The van der Waals surface area contributed by atoms with E-state index in [-0.39, 0.29) is 0 Å². The van der Waals surface area contributed by atoms with Crippen LogP contribution in [-0.2, 0) is 22.4 Å². The summed E-state index contributed by atoms with van der Waals surface area (Å²) in [5.74, 6) is 0. The van der Waals surface area contributed by atoms with Crippen molar-refractivity contribution in [1.29, 1.82) is 0 Å². The Morgan fingerprint density at radius 2 is 1.75 bits per heavy atom. The third-order valence-electron chi connectivity index (χ3n) is 1.41. The van der Waals surface area contributed by atoms with Crippen LogP contribution in [0.1, 0.15) is 0 Å². The van der Waals surface area contributed by atoms with Gasteiger partial charge in [0.2, 0.25) is 9.79 Å². The van der Waals surface area contributed by atoms with E-state index in [1.54, 1.807) is 30.7 Å². The van der Waals surface area contributed by atoms with Crippen LogP contribution in [0, 0.1) is 6.07 Å². The Morgan fingerprint density at radius 1 is 1.17 bits per heavy atom. The smallest absolute Gasteiger partial charge is 0.207 e. The molecule has 1 aromatic rings. The monoisotopic (exact) mass is 201 g/mol. The first kappa shape index (κ1) is 9.92. The Morgan fingerprint density at radius 3 is 2.17 bits per heavy atom. The maximum atomic E-state index is 11.1. The molecule has 1 radical (unpaired) electrons. The predicted octanol–water partition coefficient (Wildman–Crippen LogP) is 0.962. The molecule has 0 fully saturated rings. The van der Waals surface area contributed by atoms with Gasteiger partial charge in [0.1, 0.15) is 12.5 Å². The zero-order chi connectivity index (χ0) is 9.14. The molecule has 0 bridgehead atoms. The summed E-state index contributed by atoms with van der Waals surface area (Å²) >= 11 is -2.16. The van der Waals surface area contributed by atoms with Crippen molar-refractivity contribution in [2.24, 2.45) is 0 Å². The van der Waals surface area contributed by atoms with Crippen LogP contribution in [0.15, 0.2) is 28.0 Å². The molecular weight excluding hydrogens is 192 g/mol. The molecule has 2 atom stereocenters. The quantitative estimate of drug-likeness (QED) is 0.669. The van der Waals surface area contributed by atoms with Gasteiger partial charge in [-0.15, -0.1) is 0 Å². The second kappa shape index (κ2) is 4.18. The third-order valence-corrected chi connectivity index (χ3v) is 3.47. The molecule has 1 aromatic carbocycles. The molecule has 1 rings (SSSR count). The second-order valence-corrected chi connectivity index (χ2v) is 4.98. The van der Waals surface area contributed by atoms with E-state index < -0.39 is 22.4 Å². The van der Waals surface area contributed by atoms with E-state index in [9.17, 15) is 9.11 Å². The summed E-state index contributed by atoms with van der Waals surface area (Å²) in [4.78, 5) is 1.24. The van der Waals surface area contributed by atoms with Crippen LogP contribution in [0.3, 0.4) is 0 Å². The lowest BCUT2D eigenvalue weighted by Gasteiger charge is -2.09. The summed E-state index contributed by atoms with van der Waals surface area (Å²) in [6.45, 7) is 0. The SMILES string of the molecule is C[S+]([O-])c1c[c]ccc1[S+](C)[O-]. The topological polar surface area (TPSA) is 46.1 Å². The molecule has 0 amide bonds. The molecule has 2 unspecified atom stereocenters. The Balaban J connectivity index is 3.09. The van der Waals surface area contributed by atoms with Crippen LogP contribution in [0.5, 0.6) is 0 Å². The Kier molecular flexibility index (Phi) is 3.46. The average Bonchev–Trinajstić information content (AvgIpc) is 2.04. The summed E-state index contributed by atoms with van der Waals surface area (Å²) in [6, 6.07) is 7.79. The molecule has 0 aromatic heterocycles. The van der Waals surface area contributed by atoms with Gasteiger partial charge in [0.15, 0.2) is 0 Å². The van der Waals surface area contributed by atoms with E-state index in [1.165, 1.54) is 0 Å². The highest BCUT2D eigenvalue weighted by molar-refractivity contribution is 7.93. The molecule has 0 heterocycles. The summed E-state index contributed by atoms with van der Waals surface area (Å²) in [7, 11) is 0. The van der Waals surface area contributed by atoms with Crippen molar-refractivity contribution in [3.8, 4) is 0 Å². The molecular formula is C8H9O2S2. The average molecular weight is 201 g/mol. The standard InChI is InChI=1S/C8H9O2S2/c1-11(9)7-5-3-4-6-8(7)12(2)10/h3,5-6H,1-2H3. The minimum absolute atomic E-state index is 0.610.